The number of hydrogen-bond donors (Lipinski definition) is 1. The first kappa shape index (κ1) is 27.4. The molecule has 1 aliphatic rings. The predicted octanol–water partition coefficient (Wildman–Crippen LogP) is 7.20. The number of aromatic nitrogens is 1. The molecular weight excluding hydrogens is 524 g/mol. The number of aryl methyl sites for hydroxylation is 1. The standard InChI is InChI=1S/C32H32N2O5S/c1-4-6-10-17-39-24-16-14-22(19-25(24)38-5-2)28-27(29(35)21-11-8-7-9-12-21)30(36)31(37)34(28)32-33-23-15-13-20(3)18-26(23)40-32/h7-9,11-16,18-19,28,35H,4-6,10,17H2,1-3H3. The molecule has 4 aromatic rings. The molecule has 206 valence electrons. The number of carbonyl (C=O) groups is 2. The van der Waals surface area contributed by atoms with E-state index in [4.69, 9.17) is 14.5 Å². The molecule has 0 saturated carbocycles. The Morgan fingerprint density at radius 2 is 1.77 bits per heavy atom. The Morgan fingerprint density at radius 1 is 0.975 bits per heavy atom. The van der Waals surface area contributed by atoms with Crippen LogP contribution in [0.3, 0.4) is 0 Å². The van der Waals surface area contributed by atoms with Gasteiger partial charge in [0, 0.05) is 5.56 Å². The maximum atomic E-state index is 13.6. The van der Waals surface area contributed by atoms with E-state index in [-0.39, 0.29) is 11.3 Å². The predicted molar refractivity (Wildman–Crippen MR) is 158 cm³/mol. The summed E-state index contributed by atoms with van der Waals surface area (Å²) in [5, 5.41) is 11.8. The molecule has 1 atom stereocenters. The fourth-order valence-corrected chi connectivity index (χ4v) is 5.93. The average Bonchev–Trinajstić information content (AvgIpc) is 3.49. The second-order valence-corrected chi connectivity index (χ2v) is 10.7. The number of fused-ring (bicyclic) bond motifs is 1. The topological polar surface area (TPSA) is 89.0 Å². The van der Waals surface area contributed by atoms with Gasteiger partial charge in [0.15, 0.2) is 16.6 Å². The smallest absolute Gasteiger partial charge is 0.301 e. The molecule has 2 heterocycles. The highest BCUT2D eigenvalue weighted by Gasteiger charge is 2.48. The number of unbranched alkanes of at least 4 members (excludes halogenated alkanes) is 2. The van der Waals surface area contributed by atoms with Gasteiger partial charge in [0.05, 0.1) is 35.0 Å². The summed E-state index contributed by atoms with van der Waals surface area (Å²) in [5.41, 5.74) is 2.87. The first-order valence-electron chi connectivity index (χ1n) is 13.6. The maximum Gasteiger partial charge on any atom is 0.301 e. The highest BCUT2D eigenvalue weighted by molar-refractivity contribution is 7.22. The van der Waals surface area contributed by atoms with Crippen molar-refractivity contribution in [3.63, 3.8) is 0 Å². The van der Waals surface area contributed by atoms with Crippen molar-refractivity contribution >= 4 is 44.1 Å². The number of rotatable bonds is 10. The zero-order valence-corrected chi connectivity index (χ0v) is 23.7. The number of amides is 1. The number of aliphatic hydroxyl groups is 1. The quantitative estimate of drug-likeness (QED) is 0.0962. The van der Waals surface area contributed by atoms with Gasteiger partial charge in [-0.1, -0.05) is 73.6 Å². The third-order valence-corrected chi connectivity index (χ3v) is 7.84. The van der Waals surface area contributed by atoms with Crippen molar-refractivity contribution in [2.24, 2.45) is 0 Å². The molecule has 1 saturated heterocycles. The van der Waals surface area contributed by atoms with Crippen molar-refractivity contribution in [3.8, 4) is 11.5 Å². The summed E-state index contributed by atoms with van der Waals surface area (Å²) in [6, 6.07) is 19.1. The first-order chi connectivity index (χ1) is 19.4. The van der Waals surface area contributed by atoms with E-state index in [0.29, 0.717) is 41.0 Å². The second-order valence-electron chi connectivity index (χ2n) is 9.70. The largest absolute Gasteiger partial charge is 0.507 e. The van der Waals surface area contributed by atoms with Gasteiger partial charge in [0.1, 0.15) is 5.76 Å². The van der Waals surface area contributed by atoms with Crippen molar-refractivity contribution in [1.82, 2.24) is 4.98 Å². The lowest BCUT2D eigenvalue weighted by Gasteiger charge is -2.24. The minimum atomic E-state index is -0.907. The molecule has 1 aromatic heterocycles. The van der Waals surface area contributed by atoms with Gasteiger partial charge in [-0.2, -0.15) is 0 Å². The Labute approximate surface area is 237 Å². The van der Waals surface area contributed by atoms with E-state index in [1.54, 1.807) is 36.4 Å². The van der Waals surface area contributed by atoms with Gasteiger partial charge < -0.3 is 14.6 Å². The van der Waals surface area contributed by atoms with Crippen molar-refractivity contribution < 1.29 is 24.2 Å². The van der Waals surface area contributed by atoms with E-state index >= 15 is 0 Å². The van der Waals surface area contributed by atoms with Gasteiger partial charge in [0.2, 0.25) is 0 Å². The van der Waals surface area contributed by atoms with Crippen molar-refractivity contribution in [3.05, 3.63) is 89.0 Å². The maximum absolute atomic E-state index is 13.6. The van der Waals surface area contributed by atoms with E-state index in [9.17, 15) is 14.7 Å². The average molecular weight is 557 g/mol. The van der Waals surface area contributed by atoms with E-state index in [1.165, 1.54) is 16.2 Å². The molecule has 1 unspecified atom stereocenters. The number of carbonyl (C=O) groups excluding carboxylic acids is 2. The third-order valence-electron chi connectivity index (χ3n) is 6.82. The number of anilines is 1. The zero-order valence-electron chi connectivity index (χ0n) is 22.8. The fraction of sp³-hybridized carbons (Fsp3) is 0.281. The summed E-state index contributed by atoms with van der Waals surface area (Å²) in [4.78, 5) is 33.3. The molecule has 3 aromatic carbocycles. The molecule has 5 rings (SSSR count). The Balaban J connectivity index is 1.65. The number of nitrogens with zero attached hydrogens (tertiary/aromatic N) is 2. The van der Waals surface area contributed by atoms with Crippen molar-refractivity contribution in [1.29, 1.82) is 0 Å². The lowest BCUT2D eigenvalue weighted by molar-refractivity contribution is -0.132. The van der Waals surface area contributed by atoms with Crippen LogP contribution in [0.2, 0.25) is 0 Å². The van der Waals surface area contributed by atoms with Crippen LogP contribution in [0.15, 0.2) is 72.3 Å². The number of Topliss-reactive ketones (excluding diaryl/α,β-unsaturated/α-hetero) is 1. The van der Waals surface area contributed by atoms with Gasteiger partial charge >= 0.3 is 5.91 Å². The van der Waals surface area contributed by atoms with E-state index < -0.39 is 17.7 Å². The number of aliphatic hydroxyl groups excluding tert-OH is 1. The van der Waals surface area contributed by atoms with Crippen LogP contribution < -0.4 is 14.4 Å². The lowest BCUT2D eigenvalue weighted by atomic mass is 9.95. The Kier molecular flexibility index (Phi) is 8.16. The Morgan fingerprint density at radius 3 is 2.52 bits per heavy atom. The first-order valence-corrected chi connectivity index (χ1v) is 14.4. The third kappa shape index (κ3) is 5.31. The minimum absolute atomic E-state index is 0.00528. The number of ether oxygens (including phenoxy) is 2. The van der Waals surface area contributed by atoms with Gasteiger partial charge in [-0.3, -0.25) is 14.5 Å². The van der Waals surface area contributed by atoms with E-state index in [1.807, 2.05) is 44.2 Å². The monoisotopic (exact) mass is 556 g/mol. The SMILES string of the molecule is CCCCCOc1ccc(C2C(=C(O)c3ccccc3)C(=O)C(=O)N2c2nc3ccc(C)cc3s2)cc1OCC. The molecule has 0 spiro atoms. The minimum Gasteiger partial charge on any atom is -0.507 e. The molecule has 1 fully saturated rings. The van der Waals surface area contributed by atoms with Crippen LogP contribution in [-0.2, 0) is 9.59 Å². The van der Waals surface area contributed by atoms with Gasteiger partial charge in [-0.15, -0.1) is 0 Å². The van der Waals surface area contributed by atoms with E-state index in [2.05, 4.69) is 6.92 Å². The highest BCUT2D eigenvalue weighted by Crippen LogP contribution is 2.46. The molecule has 1 amide bonds. The Hall–Kier alpha value is -4.17. The summed E-state index contributed by atoms with van der Waals surface area (Å²) in [7, 11) is 0. The van der Waals surface area contributed by atoms with Gasteiger partial charge in [-0.05, 0) is 55.7 Å². The summed E-state index contributed by atoms with van der Waals surface area (Å²) < 4.78 is 12.8. The summed E-state index contributed by atoms with van der Waals surface area (Å²) in [5.74, 6) is -0.629. The molecule has 0 radical (unpaired) electrons. The van der Waals surface area contributed by atoms with Crippen LogP contribution in [0.4, 0.5) is 5.13 Å². The number of hydrogen-bond acceptors (Lipinski definition) is 7. The van der Waals surface area contributed by atoms with Crippen LogP contribution in [0.25, 0.3) is 16.0 Å². The molecule has 8 heteroatoms. The Bertz CT molecular complexity index is 1580. The molecule has 1 aliphatic heterocycles. The molecular formula is C32H32N2O5S. The number of benzene rings is 3. The summed E-state index contributed by atoms with van der Waals surface area (Å²) >= 11 is 1.34. The summed E-state index contributed by atoms with van der Waals surface area (Å²) in [6.07, 6.45) is 3.08. The molecule has 1 N–H and O–H groups in total. The lowest BCUT2D eigenvalue weighted by Crippen LogP contribution is -2.29. The summed E-state index contributed by atoms with van der Waals surface area (Å²) in [6.45, 7) is 6.99. The van der Waals surface area contributed by atoms with Crippen molar-refractivity contribution in [2.75, 3.05) is 18.1 Å². The van der Waals surface area contributed by atoms with Gasteiger partial charge in [0.25, 0.3) is 5.78 Å². The van der Waals surface area contributed by atoms with Crippen molar-refractivity contribution in [2.45, 2.75) is 46.1 Å². The number of ketones is 1. The molecule has 0 aliphatic carbocycles. The molecule has 7 nitrogen and oxygen atoms in total. The molecule has 0 bridgehead atoms. The highest BCUT2D eigenvalue weighted by atomic mass is 32.1. The van der Waals surface area contributed by atoms with E-state index in [0.717, 1.165) is 35.0 Å². The van der Waals surface area contributed by atoms with Crippen LogP contribution in [0.5, 0.6) is 11.5 Å². The van der Waals surface area contributed by atoms with Crippen LogP contribution in [0.1, 0.15) is 55.8 Å². The molecule has 40 heavy (non-hydrogen) atoms. The zero-order chi connectivity index (χ0) is 28.2. The van der Waals surface area contributed by atoms with Crippen LogP contribution in [-0.4, -0.2) is 35.0 Å². The number of thiazole rings is 1. The van der Waals surface area contributed by atoms with Crippen LogP contribution >= 0.6 is 11.3 Å². The van der Waals surface area contributed by atoms with Crippen LogP contribution in [0, 0.1) is 6.92 Å². The second kappa shape index (κ2) is 11.9. The fourth-order valence-electron chi connectivity index (χ4n) is 4.84. The van der Waals surface area contributed by atoms with Gasteiger partial charge in [-0.25, -0.2) is 4.98 Å². The normalized spacial score (nSPS) is 16.6.